The van der Waals surface area contributed by atoms with Gasteiger partial charge in [-0.2, -0.15) is 4.98 Å². The van der Waals surface area contributed by atoms with Gasteiger partial charge in [-0.25, -0.2) is 4.98 Å². The SMILES string of the molecule is Cc1noc(Cn2cnccc2=O)n1. The molecule has 0 fully saturated rings. The smallest absolute Gasteiger partial charge is 0.253 e. The molecule has 6 nitrogen and oxygen atoms in total. The summed E-state index contributed by atoms with van der Waals surface area (Å²) in [5, 5.41) is 3.62. The van der Waals surface area contributed by atoms with Crippen LogP contribution in [0.4, 0.5) is 0 Å². The fraction of sp³-hybridized carbons (Fsp3) is 0.250. The van der Waals surface area contributed by atoms with E-state index in [0.29, 0.717) is 11.7 Å². The van der Waals surface area contributed by atoms with Crippen molar-refractivity contribution in [1.29, 1.82) is 0 Å². The zero-order valence-corrected chi connectivity index (χ0v) is 7.54. The molecule has 2 aromatic rings. The highest BCUT2D eigenvalue weighted by Crippen LogP contribution is 1.96. The van der Waals surface area contributed by atoms with E-state index >= 15 is 0 Å². The van der Waals surface area contributed by atoms with Crippen LogP contribution in [0.5, 0.6) is 0 Å². The van der Waals surface area contributed by atoms with Crippen molar-refractivity contribution in [3.05, 3.63) is 40.7 Å². The van der Waals surface area contributed by atoms with Crippen LogP contribution in [0.25, 0.3) is 0 Å². The zero-order valence-electron chi connectivity index (χ0n) is 7.54. The Hall–Kier alpha value is -1.98. The third-order valence-corrected chi connectivity index (χ3v) is 1.67. The Morgan fingerprint density at radius 1 is 1.57 bits per heavy atom. The topological polar surface area (TPSA) is 73.8 Å². The first-order valence-corrected chi connectivity index (χ1v) is 4.05. The summed E-state index contributed by atoms with van der Waals surface area (Å²) in [6.07, 6.45) is 2.87. The first kappa shape index (κ1) is 8.61. The molecule has 0 atom stereocenters. The molecule has 0 bridgehead atoms. The van der Waals surface area contributed by atoms with Gasteiger partial charge in [0.05, 0.1) is 6.33 Å². The van der Waals surface area contributed by atoms with Crippen LogP contribution in [-0.2, 0) is 6.54 Å². The fourth-order valence-corrected chi connectivity index (χ4v) is 1.05. The number of hydrogen-bond acceptors (Lipinski definition) is 5. The van der Waals surface area contributed by atoms with Crippen molar-refractivity contribution in [3.63, 3.8) is 0 Å². The van der Waals surface area contributed by atoms with E-state index in [4.69, 9.17) is 4.52 Å². The largest absolute Gasteiger partial charge is 0.337 e. The second kappa shape index (κ2) is 3.41. The molecule has 2 heterocycles. The lowest BCUT2D eigenvalue weighted by Gasteiger charge is -1.97. The molecule has 0 aliphatic rings. The standard InChI is InChI=1S/C8H8N4O2/c1-6-10-7(14-11-6)4-12-5-9-3-2-8(12)13/h2-3,5H,4H2,1H3. The lowest BCUT2D eigenvalue weighted by molar-refractivity contribution is 0.365. The minimum atomic E-state index is -0.143. The van der Waals surface area contributed by atoms with Crippen LogP contribution in [0.2, 0.25) is 0 Å². The molecule has 0 aromatic carbocycles. The quantitative estimate of drug-likeness (QED) is 0.668. The molecule has 2 aromatic heterocycles. The van der Waals surface area contributed by atoms with E-state index < -0.39 is 0 Å². The lowest BCUT2D eigenvalue weighted by Crippen LogP contribution is -2.19. The Balaban J connectivity index is 2.27. The molecule has 0 aliphatic carbocycles. The summed E-state index contributed by atoms with van der Waals surface area (Å²) in [5.41, 5.74) is -0.143. The van der Waals surface area contributed by atoms with Crippen LogP contribution < -0.4 is 5.56 Å². The third-order valence-electron chi connectivity index (χ3n) is 1.67. The van der Waals surface area contributed by atoms with Crippen LogP contribution >= 0.6 is 0 Å². The van der Waals surface area contributed by atoms with Crippen molar-refractivity contribution in [2.45, 2.75) is 13.5 Å². The van der Waals surface area contributed by atoms with Gasteiger partial charge in [-0.15, -0.1) is 0 Å². The van der Waals surface area contributed by atoms with Crippen LogP contribution in [-0.4, -0.2) is 19.7 Å². The summed E-state index contributed by atoms with van der Waals surface area (Å²) >= 11 is 0. The third kappa shape index (κ3) is 1.68. The van der Waals surface area contributed by atoms with Gasteiger partial charge in [0, 0.05) is 12.3 Å². The van der Waals surface area contributed by atoms with E-state index in [1.807, 2.05) is 0 Å². The van der Waals surface area contributed by atoms with Gasteiger partial charge in [-0.3, -0.25) is 9.36 Å². The Labute approximate surface area is 79.2 Å². The highest BCUT2D eigenvalue weighted by molar-refractivity contribution is 4.88. The summed E-state index contributed by atoms with van der Waals surface area (Å²) in [6, 6.07) is 1.38. The van der Waals surface area contributed by atoms with Crippen LogP contribution in [0.1, 0.15) is 11.7 Å². The van der Waals surface area contributed by atoms with Gasteiger partial charge < -0.3 is 4.52 Å². The number of rotatable bonds is 2. The van der Waals surface area contributed by atoms with E-state index in [9.17, 15) is 4.79 Å². The van der Waals surface area contributed by atoms with Crippen LogP contribution in [0.15, 0.2) is 27.9 Å². The number of nitrogens with zero attached hydrogens (tertiary/aromatic N) is 4. The summed E-state index contributed by atoms with van der Waals surface area (Å²) in [4.78, 5) is 19.1. The van der Waals surface area contributed by atoms with Gasteiger partial charge in [0.15, 0.2) is 5.82 Å². The lowest BCUT2D eigenvalue weighted by atomic mass is 10.5. The van der Waals surface area contributed by atoms with E-state index in [2.05, 4.69) is 15.1 Å². The second-order valence-corrected chi connectivity index (χ2v) is 2.78. The maximum absolute atomic E-state index is 11.3. The number of aryl methyl sites for hydroxylation is 1. The van der Waals surface area contributed by atoms with Crippen molar-refractivity contribution in [2.75, 3.05) is 0 Å². The average Bonchev–Trinajstić information content (AvgIpc) is 2.56. The van der Waals surface area contributed by atoms with Gasteiger partial charge in [0.25, 0.3) is 5.56 Å². The number of aromatic nitrogens is 4. The van der Waals surface area contributed by atoms with E-state index in [1.165, 1.54) is 23.2 Å². The maximum Gasteiger partial charge on any atom is 0.253 e. The Kier molecular flexibility index (Phi) is 2.10. The molecule has 6 heteroatoms. The van der Waals surface area contributed by atoms with E-state index in [-0.39, 0.29) is 12.1 Å². The zero-order chi connectivity index (χ0) is 9.97. The van der Waals surface area contributed by atoms with Gasteiger partial charge in [0.2, 0.25) is 5.89 Å². The van der Waals surface area contributed by atoms with Crippen molar-refractivity contribution in [1.82, 2.24) is 19.7 Å². The molecule has 0 unspecified atom stereocenters. The molecule has 0 N–H and O–H groups in total. The van der Waals surface area contributed by atoms with Crippen molar-refractivity contribution < 1.29 is 4.52 Å². The molecule has 0 spiro atoms. The van der Waals surface area contributed by atoms with Crippen LogP contribution in [0.3, 0.4) is 0 Å². The Morgan fingerprint density at radius 3 is 3.07 bits per heavy atom. The average molecular weight is 192 g/mol. The maximum atomic E-state index is 11.3. The highest BCUT2D eigenvalue weighted by atomic mass is 16.5. The summed E-state index contributed by atoms with van der Waals surface area (Å²) in [5.74, 6) is 0.953. The molecule has 72 valence electrons. The van der Waals surface area contributed by atoms with Crippen molar-refractivity contribution in [2.24, 2.45) is 0 Å². The molecule has 0 saturated carbocycles. The van der Waals surface area contributed by atoms with E-state index in [1.54, 1.807) is 6.92 Å². The van der Waals surface area contributed by atoms with Crippen molar-refractivity contribution >= 4 is 0 Å². The highest BCUT2D eigenvalue weighted by Gasteiger charge is 2.03. The molecule has 2 rings (SSSR count). The second-order valence-electron chi connectivity index (χ2n) is 2.78. The summed E-state index contributed by atoms with van der Waals surface area (Å²) in [7, 11) is 0. The fourth-order valence-electron chi connectivity index (χ4n) is 1.05. The van der Waals surface area contributed by atoms with E-state index in [0.717, 1.165) is 0 Å². The molecule has 0 amide bonds. The summed E-state index contributed by atoms with van der Waals surface area (Å²) < 4.78 is 6.27. The molecular formula is C8H8N4O2. The first-order valence-electron chi connectivity index (χ1n) is 4.05. The normalized spacial score (nSPS) is 10.4. The van der Waals surface area contributed by atoms with Crippen LogP contribution in [0, 0.1) is 6.92 Å². The molecule has 0 saturated heterocycles. The Morgan fingerprint density at radius 2 is 2.43 bits per heavy atom. The predicted molar refractivity (Wildman–Crippen MR) is 46.6 cm³/mol. The van der Waals surface area contributed by atoms with Gasteiger partial charge in [0.1, 0.15) is 6.54 Å². The van der Waals surface area contributed by atoms with Crippen molar-refractivity contribution in [3.8, 4) is 0 Å². The minimum Gasteiger partial charge on any atom is -0.337 e. The monoisotopic (exact) mass is 192 g/mol. The van der Waals surface area contributed by atoms with Gasteiger partial charge >= 0.3 is 0 Å². The number of hydrogen-bond donors (Lipinski definition) is 0. The molecule has 0 radical (unpaired) electrons. The van der Waals surface area contributed by atoms with Gasteiger partial charge in [-0.1, -0.05) is 5.16 Å². The molecule has 0 aliphatic heterocycles. The molecule has 14 heavy (non-hydrogen) atoms. The predicted octanol–water partition coefficient (Wildman–Crippen LogP) is -0.0170. The first-order chi connectivity index (χ1) is 6.75. The van der Waals surface area contributed by atoms with Gasteiger partial charge in [-0.05, 0) is 6.92 Å². The molecular weight excluding hydrogens is 184 g/mol. The Bertz CT molecular complexity index is 488. The summed E-state index contributed by atoms with van der Waals surface area (Å²) in [6.45, 7) is 1.98. The minimum absolute atomic E-state index is 0.143.